The Morgan fingerprint density at radius 1 is 1.29 bits per heavy atom. The number of phosphoric ester groups is 1. The molecule has 174 valence electrons. The summed E-state index contributed by atoms with van der Waals surface area (Å²) in [5, 5.41) is 32.0. The van der Waals surface area contributed by atoms with E-state index in [0.717, 1.165) is 5.57 Å². The summed E-state index contributed by atoms with van der Waals surface area (Å²) in [6.45, 7) is 2.82. The van der Waals surface area contributed by atoms with Crippen LogP contribution in [0.2, 0.25) is 0 Å². The third kappa shape index (κ3) is 3.24. The Labute approximate surface area is 180 Å². The van der Waals surface area contributed by atoms with Crippen LogP contribution in [0.1, 0.15) is 52.4 Å². The number of rotatable bonds is 4. The topological polar surface area (TPSA) is 162 Å². The minimum absolute atomic E-state index is 0.112. The summed E-state index contributed by atoms with van der Waals surface area (Å²) >= 11 is 0. The Kier molecular flexibility index (Phi) is 5.46. The number of phosphoric acid groups is 1. The third-order valence-electron chi connectivity index (χ3n) is 9.00. The lowest BCUT2D eigenvalue weighted by atomic mass is 9.45. The predicted octanol–water partition coefficient (Wildman–Crippen LogP) is 0.869. The smallest absolute Gasteiger partial charge is 0.393 e. The van der Waals surface area contributed by atoms with Crippen molar-refractivity contribution < 1.29 is 43.8 Å². The molecule has 4 rings (SSSR count). The van der Waals surface area contributed by atoms with Crippen molar-refractivity contribution >= 4 is 19.4 Å². The van der Waals surface area contributed by atoms with Crippen LogP contribution >= 0.6 is 7.82 Å². The van der Waals surface area contributed by atoms with Crippen LogP contribution in [0.4, 0.5) is 0 Å². The number of carbonyl (C=O) groups is 2. The second-order valence-corrected chi connectivity index (χ2v) is 11.4. The van der Waals surface area contributed by atoms with Crippen LogP contribution in [0.25, 0.3) is 0 Å². The largest absolute Gasteiger partial charge is 0.469 e. The van der Waals surface area contributed by atoms with Crippen LogP contribution in [-0.4, -0.2) is 61.1 Å². The molecule has 0 aliphatic heterocycles. The van der Waals surface area contributed by atoms with E-state index in [0.29, 0.717) is 19.3 Å². The maximum atomic E-state index is 12.5. The van der Waals surface area contributed by atoms with Gasteiger partial charge in [0.05, 0.1) is 12.2 Å². The molecule has 10 heteroatoms. The molecule has 0 spiro atoms. The van der Waals surface area contributed by atoms with Crippen molar-refractivity contribution in [1.82, 2.24) is 0 Å². The zero-order valence-corrected chi connectivity index (χ0v) is 18.6. The fourth-order valence-electron chi connectivity index (χ4n) is 7.61. The molecule has 0 bridgehead atoms. The summed E-state index contributed by atoms with van der Waals surface area (Å²) < 4.78 is 16.8. The highest BCUT2D eigenvalue weighted by molar-refractivity contribution is 7.46. The molecule has 31 heavy (non-hydrogen) atoms. The molecule has 0 amide bonds. The first-order chi connectivity index (χ1) is 14.3. The molecule has 0 radical (unpaired) electrons. The van der Waals surface area contributed by atoms with Gasteiger partial charge in [-0.3, -0.25) is 14.1 Å². The molecule has 3 fully saturated rings. The molecule has 4 aliphatic carbocycles. The normalized spacial score (nSPS) is 47.3. The summed E-state index contributed by atoms with van der Waals surface area (Å²) in [5.74, 6) is -1.59. The fraction of sp³-hybridized carbons (Fsp3) is 0.810. The van der Waals surface area contributed by atoms with Crippen LogP contribution < -0.4 is 0 Å². The number of carbonyl (C=O) groups excluding carboxylic acids is 2. The van der Waals surface area contributed by atoms with E-state index in [4.69, 9.17) is 4.52 Å². The number of hydrogen-bond acceptors (Lipinski definition) is 7. The lowest BCUT2D eigenvalue weighted by molar-refractivity contribution is -0.190. The zero-order chi connectivity index (χ0) is 23.0. The van der Waals surface area contributed by atoms with Gasteiger partial charge in [0.1, 0.15) is 12.2 Å². The van der Waals surface area contributed by atoms with Gasteiger partial charge in [0, 0.05) is 17.3 Å². The van der Waals surface area contributed by atoms with Gasteiger partial charge in [0.2, 0.25) is 0 Å². The van der Waals surface area contributed by atoms with E-state index < -0.39 is 54.8 Å². The van der Waals surface area contributed by atoms with E-state index in [1.54, 1.807) is 13.8 Å². The number of aliphatic hydroxyl groups is 3. The molecule has 8 atom stereocenters. The van der Waals surface area contributed by atoms with Gasteiger partial charge in [-0.25, -0.2) is 4.57 Å². The van der Waals surface area contributed by atoms with Crippen molar-refractivity contribution in [1.29, 1.82) is 0 Å². The van der Waals surface area contributed by atoms with Gasteiger partial charge in [-0.15, -0.1) is 0 Å². The highest BCUT2D eigenvalue weighted by Crippen LogP contribution is 2.68. The SMILES string of the molecule is CC12C(=CC(=O)CC1OP(=O)(O)O)CCC1C2C(O)CC2(C)C1CCC2(O)C(=O)CO. The van der Waals surface area contributed by atoms with Crippen molar-refractivity contribution in [2.45, 2.75) is 70.2 Å². The van der Waals surface area contributed by atoms with E-state index in [9.17, 15) is 39.3 Å². The highest BCUT2D eigenvalue weighted by Gasteiger charge is 2.69. The summed E-state index contributed by atoms with van der Waals surface area (Å²) in [7, 11) is -4.88. The van der Waals surface area contributed by atoms with Crippen molar-refractivity contribution in [3.05, 3.63) is 11.6 Å². The molecular weight excluding hydrogens is 427 g/mol. The first-order valence-electron chi connectivity index (χ1n) is 10.8. The number of Topliss-reactive ketones (excluding diaryl/α,β-unsaturated/α-hetero) is 1. The lowest BCUT2D eigenvalue weighted by Crippen LogP contribution is -2.64. The van der Waals surface area contributed by atoms with E-state index in [1.807, 2.05) is 0 Å². The zero-order valence-electron chi connectivity index (χ0n) is 17.7. The van der Waals surface area contributed by atoms with Crippen LogP contribution in [0, 0.1) is 28.6 Å². The highest BCUT2D eigenvalue weighted by atomic mass is 31.2. The van der Waals surface area contributed by atoms with E-state index >= 15 is 0 Å². The first kappa shape index (κ1) is 23.2. The Morgan fingerprint density at radius 3 is 2.58 bits per heavy atom. The average Bonchev–Trinajstić information content (AvgIpc) is 2.92. The Hall–Kier alpha value is -0.930. The molecule has 0 saturated heterocycles. The van der Waals surface area contributed by atoms with E-state index in [2.05, 4.69) is 0 Å². The van der Waals surface area contributed by atoms with Gasteiger partial charge < -0.3 is 25.1 Å². The van der Waals surface area contributed by atoms with Crippen molar-refractivity contribution in [3.8, 4) is 0 Å². The predicted molar refractivity (Wildman–Crippen MR) is 107 cm³/mol. The van der Waals surface area contributed by atoms with Crippen molar-refractivity contribution in [2.24, 2.45) is 28.6 Å². The van der Waals surface area contributed by atoms with Crippen molar-refractivity contribution in [2.75, 3.05) is 6.61 Å². The minimum atomic E-state index is -4.88. The van der Waals surface area contributed by atoms with Gasteiger partial charge in [-0.05, 0) is 55.9 Å². The fourth-order valence-corrected chi connectivity index (χ4v) is 8.23. The van der Waals surface area contributed by atoms with Crippen molar-refractivity contribution in [3.63, 3.8) is 0 Å². The molecule has 8 unspecified atom stereocenters. The molecule has 4 aliphatic rings. The average molecular weight is 458 g/mol. The molecular formula is C21H31O9P. The summed E-state index contributed by atoms with van der Waals surface area (Å²) in [6, 6.07) is 0. The second kappa shape index (κ2) is 7.29. The van der Waals surface area contributed by atoms with Gasteiger partial charge in [0.25, 0.3) is 0 Å². The number of ketones is 2. The van der Waals surface area contributed by atoms with Crippen LogP contribution in [0.3, 0.4) is 0 Å². The lowest BCUT2D eigenvalue weighted by Gasteiger charge is -2.61. The van der Waals surface area contributed by atoms with Crippen LogP contribution in [0.15, 0.2) is 11.6 Å². The molecule has 0 aromatic heterocycles. The summed E-state index contributed by atoms with van der Waals surface area (Å²) in [4.78, 5) is 43.7. The van der Waals surface area contributed by atoms with Gasteiger partial charge in [-0.1, -0.05) is 19.4 Å². The second-order valence-electron chi connectivity index (χ2n) is 10.2. The number of fused-ring (bicyclic) bond motifs is 5. The Morgan fingerprint density at radius 2 is 1.97 bits per heavy atom. The standard InChI is InChI=1S/C21H31O9P/c1-19-9-15(24)18-13(14(19)5-6-21(19,26)16(25)10-22)4-3-11-7-12(23)8-17(20(11,18)2)30-31(27,28)29/h7,13-15,17-18,22,24,26H,3-6,8-10H2,1-2H3,(H2,27,28,29). The Bertz CT molecular complexity index is 880. The summed E-state index contributed by atoms with van der Waals surface area (Å²) in [6.07, 6.45) is 1.28. The number of hydrogen-bond donors (Lipinski definition) is 5. The Balaban J connectivity index is 1.77. The molecule has 0 aromatic rings. The molecule has 9 nitrogen and oxygen atoms in total. The molecule has 0 heterocycles. The molecule has 5 N–H and O–H groups in total. The first-order valence-corrected chi connectivity index (χ1v) is 12.3. The van der Waals surface area contributed by atoms with Crippen LogP contribution in [-0.2, 0) is 18.7 Å². The molecule has 0 aromatic carbocycles. The van der Waals surface area contributed by atoms with Gasteiger partial charge >= 0.3 is 7.82 Å². The minimum Gasteiger partial charge on any atom is -0.393 e. The van der Waals surface area contributed by atoms with Gasteiger partial charge in [-0.2, -0.15) is 0 Å². The maximum absolute atomic E-state index is 12.5. The maximum Gasteiger partial charge on any atom is 0.469 e. The van der Waals surface area contributed by atoms with E-state index in [1.165, 1.54) is 6.08 Å². The van der Waals surface area contributed by atoms with E-state index in [-0.39, 0.29) is 36.9 Å². The quantitative estimate of drug-likeness (QED) is 0.385. The monoisotopic (exact) mass is 458 g/mol. The van der Waals surface area contributed by atoms with Crippen LogP contribution in [0.5, 0.6) is 0 Å². The van der Waals surface area contributed by atoms with Gasteiger partial charge in [0.15, 0.2) is 11.6 Å². The number of aliphatic hydroxyl groups excluding tert-OH is 2. The molecule has 3 saturated carbocycles. The summed E-state index contributed by atoms with van der Waals surface area (Å²) in [5.41, 5.74) is -2.87. The third-order valence-corrected chi connectivity index (χ3v) is 9.53.